The number of hydrogen-bond acceptors (Lipinski definition) is 2. The highest BCUT2D eigenvalue weighted by molar-refractivity contribution is 6.28. The van der Waals surface area contributed by atoms with Crippen molar-refractivity contribution in [2.24, 2.45) is 0 Å². The lowest BCUT2D eigenvalue weighted by Gasteiger charge is -2.09. The van der Waals surface area contributed by atoms with E-state index in [4.69, 9.17) is 11.6 Å². The number of benzene rings is 1. The number of aromatic nitrogens is 3. The summed E-state index contributed by atoms with van der Waals surface area (Å²) in [6, 6.07) is 9.93. The first-order valence-corrected chi connectivity index (χ1v) is 5.78. The van der Waals surface area contributed by atoms with Gasteiger partial charge < -0.3 is 0 Å². The molecule has 0 radical (unpaired) electrons. The van der Waals surface area contributed by atoms with Crippen LogP contribution < -0.4 is 0 Å². The normalized spacial score (nSPS) is 12.7. The summed E-state index contributed by atoms with van der Waals surface area (Å²) in [6.45, 7) is 4.25. The molecule has 1 atom stereocenters. The van der Waals surface area contributed by atoms with Crippen LogP contribution in [0.5, 0.6) is 0 Å². The molecule has 0 amide bonds. The predicted molar refractivity (Wildman–Crippen MR) is 65.1 cm³/mol. The summed E-state index contributed by atoms with van der Waals surface area (Å²) in [7, 11) is 0. The van der Waals surface area contributed by atoms with Gasteiger partial charge in [-0.05, 0) is 30.2 Å². The Morgan fingerprint density at radius 1 is 1.31 bits per heavy atom. The van der Waals surface area contributed by atoms with Gasteiger partial charge in [0, 0.05) is 5.92 Å². The maximum Gasteiger partial charge on any atom is 0.243 e. The molecule has 2 aromatic rings. The Bertz CT molecular complexity index is 464. The van der Waals surface area contributed by atoms with E-state index in [0.29, 0.717) is 11.2 Å². The van der Waals surface area contributed by atoms with Crippen LogP contribution in [0.25, 0.3) is 5.69 Å². The van der Waals surface area contributed by atoms with Crippen LogP contribution in [0.4, 0.5) is 0 Å². The number of rotatable bonds is 3. The third kappa shape index (κ3) is 2.09. The fourth-order valence-electron chi connectivity index (χ4n) is 1.56. The van der Waals surface area contributed by atoms with Crippen LogP contribution >= 0.6 is 11.6 Å². The summed E-state index contributed by atoms with van der Waals surface area (Å²) in [5, 5.41) is 4.53. The summed E-state index contributed by atoms with van der Waals surface area (Å²) < 4.78 is 1.82. The van der Waals surface area contributed by atoms with E-state index in [0.717, 1.165) is 17.9 Å². The Balaban J connectivity index is 2.48. The zero-order valence-electron chi connectivity index (χ0n) is 9.39. The smallest absolute Gasteiger partial charge is 0.216 e. The maximum absolute atomic E-state index is 5.87. The summed E-state index contributed by atoms with van der Waals surface area (Å²) in [6.07, 6.45) is 1.02. The van der Waals surface area contributed by atoms with Gasteiger partial charge in [-0.3, -0.25) is 0 Å². The van der Waals surface area contributed by atoms with Crippen molar-refractivity contribution in [3.8, 4) is 5.69 Å². The van der Waals surface area contributed by atoms with Crippen molar-refractivity contribution in [1.29, 1.82) is 0 Å². The molecule has 0 aliphatic carbocycles. The van der Waals surface area contributed by atoms with Crippen molar-refractivity contribution in [2.45, 2.75) is 26.2 Å². The molecule has 84 valence electrons. The molecule has 1 heterocycles. The molecule has 0 fully saturated rings. The van der Waals surface area contributed by atoms with Crippen LogP contribution in [0.1, 0.15) is 32.0 Å². The van der Waals surface area contributed by atoms with Gasteiger partial charge >= 0.3 is 0 Å². The molecule has 3 nitrogen and oxygen atoms in total. The third-order valence-corrected chi connectivity index (χ3v) is 2.82. The molecule has 0 aliphatic heterocycles. The van der Waals surface area contributed by atoms with E-state index in [-0.39, 0.29) is 0 Å². The Labute approximate surface area is 100 Å². The monoisotopic (exact) mass is 235 g/mol. The fraction of sp³-hybridized carbons (Fsp3) is 0.333. The first-order chi connectivity index (χ1) is 7.72. The van der Waals surface area contributed by atoms with Crippen molar-refractivity contribution >= 4 is 11.6 Å². The molecule has 16 heavy (non-hydrogen) atoms. The zero-order valence-corrected chi connectivity index (χ0v) is 10.1. The van der Waals surface area contributed by atoms with Crippen LogP contribution in [0.3, 0.4) is 0 Å². The quantitative estimate of drug-likeness (QED) is 0.816. The average Bonchev–Trinajstić information content (AvgIpc) is 2.71. The molecule has 1 aromatic carbocycles. The van der Waals surface area contributed by atoms with Gasteiger partial charge in [0.2, 0.25) is 5.28 Å². The minimum absolute atomic E-state index is 0.305. The standard InChI is InChI=1S/C12H14ClN3/c1-3-9(2)11-14-12(13)15-16(11)10-7-5-4-6-8-10/h4-9H,3H2,1-2H3/t9-/m0/s1. The van der Waals surface area contributed by atoms with Crippen LogP contribution in [0.2, 0.25) is 5.28 Å². The summed E-state index contributed by atoms with van der Waals surface area (Å²) in [4.78, 5) is 4.28. The number of halogens is 1. The molecular formula is C12H14ClN3. The number of hydrogen-bond donors (Lipinski definition) is 0. The minimum Gasteiger partial charge on any atom is -0.216 e. The van der Waals surface area contributed by atoms with E-state index < -0.39 is 0 Å². The second-order valence-electron chi connectivity index (χ2n) is 3.80. The molecule has 0 saturated heterocycles. The van der Waals surface area contributed by atoms with E-state index in [1.165, 1.54) is 0 Å². The average molecular weight is 236 g/mol. The van der Waals surface area contributed by atoms with Gasteiger partial charge in [0.1, 0.15) is 5.82 Å². The second kappa shape index (κ2) is 4.66. The second-order valence-corrected chi connectivity index (χ2v) is 4.13. The fourth-order valence-corrected chi connectivity index (χ4v) is 1.72. The van der Waals surface area contributed by atoms with Gasteiger partial charge in [0.15, 0.2) is 0 Å². The van der Waals surface area contributed by atoms with Gasteiger partial charge in [-0.15, -0.1) is 5.10 Å². The zero-order chi connectivity index (χ0) is 11.5. The Hall–Kier alpha value is -1.35. The van der Waals surface area contributed by atoms with Gasteiger partial charge in [0.05, 0.1) is 5.69 Å². The number of para-hydroxylation sites is 1. The molecule has 0 bridgehead atoms. The Morgan fingerprint density at radius 3 is 2.62 bits per heavy atom. The summed E-state index contributed by atoms with van der Waals surface area (Å²) in [5.41, 5.74) is 0.997. The van der Waals surface area contributed by atoms with Crippen molar-refractivity contribution < 1.29 is 0 Å². The first kappa shape index (κ1) is 11.1. The lowest BCUT2D eigenvalue weighted by atomic mass is 10.1. The molecule has 1 aromatic heterocycles. The lowest BCUT2D eigenvalue weighted by molar-refractivity contribution is 0.646. The molecule has 0 spiro atoms. The van der Waals surface area contributed by atoms with Crippen molar-refractivity contribution in [3.05, 3.63) is 41.4 Å². The largest absolute Gasteiger partial charge is 0.243 e. The van der Waals surface area contributed by atoms with Crippen molar-refractivity contribution in [2.75, 3.05) is 0 Å². The van der Waals surface area contributed by atoms with Crippen LogP contribution in [-0.4, -0.2) is 14.8 Å². The van der Waals surface area contributed by atoms with Gasteiger partial charge in [0.25, 0.3) is 0 Å². The molecular weight excluding hydrogens is 222 g/mol. The molecule has 0 saturated carbocycles. The Kier molecular flexibility index (Phi) is 3.25. The molecule has 0 aliphatic rings. The topological polar surface area (TPSA) is 30.7 Å². The molecule has 0 unspecified atom stereocenters. The van der Waals surface area contributed by atoms with Crippen molar-refractivity contribution in [1.82, 2.24) is 14.8 Å². The van der Waals surface area contributed by atoms with Crippen molar-refractivity contribution in [3.63, 3.8) is 0 Å². The molecule has 4 heteroatoms. The molecule has 2 rings (SSSR count). The maximum atomic E-state index is 5.87. The third-order valence-electron chi connectivity index (χ3n) is 2.66. The highest BCUT2D eigenvalue weighted by atomic mass is 35.5. The lowest BCUT2D eigenvalue weighted by Crippen LogP contribution is -2.05. The van der Waals surface area contributed by atoms with Crippen LogP contribution in [-0.2, 0) is 0 Å². The highest BCUT2D eigenvalue weighted by Gasteiger charge is 2.15. The molecule has 0 N–H and O–H groups in total. The Morgan fingerprint density at radius 2 is 2.00 bits per heavy atom. The van der Waals surface area contributed by atoms with Crippen LogP contribution in [0.15, 0.2) is 30.3 Å². The van der Waals surface area contributed by atoms with Gasteiger partial charge in [-0.1, -0.05) is 32.0 Å². The van der Waals surface area contributed by atoms with Gasteiger partial charge in [-0.25, -0.2) is 9.67 Å². The van der Waals surface area contributed by atoms with E-state index in [9.17, 15) is 0 Å². The SMILES string of the molecule is CC[C@H](C)c1nc(Cl)nn1-c1ccccc1. The van der Waals surface area contributed by atoms with Crippen LogP contribution in [0, 0.1) is 0 Å². The summed E-state index contributed by atoms with van der Waals surface area (Å²) in [5.74, 6) is 1.26. The highest BCUT2D eigenvalue weighted by Crippen LogP contribution is 2.21. The van der Waals surface area contributed by atoms with E-state index in [1.54, 1.807) is 0 Å². The minimum atomic E-state index is 0.305. The summed E-state index contributed by atoms with van der Waals surface area (Å²) >= 11 is 5.87. The van der Waals surface area contributed by atoms with Gasteiger partial charge in [-0.2, -0.15) is 0 Å². The van der Waals surface area contributed by atoms with E-state index in [2.05, 4.69) is 23.9 Å². The first-order valence-electron chi connectivity index (χ1n) is 5.40. The predicted octanol–water partition coefficient (Wildman–Crippen LogP) is 3.43. The van der Waals surface area contributed by atoms with E-state index >= 15 is 0 Å². The van der Waals surface area contributed by atoms with E-state index in [1.807, 2.05) is 35.0 Å². The number of nitrogens with zero attached hydrogens (tertiary/aromatic N) is 3.